The van der Waals surface area contributed by atoms with E-state index in [-0.39, 0.29) is 0 Å². The Labute approximate surface area is 108 Å². The summed E-state index contributed by atoms with van der Waals surface area (Å²) in [6.07, 6.45) is -4.21. The van der Waals surface area contributed by atoms with Crippen molar-refractivity contribution < 1.29 is 19.3 Å². The van der Waals surface area contributed by atoms with E-state index in [1.54, 1.807) is 19.0 Å². The number of ether oxygens (including phenoxy) is 1. The molecule has 0 unspecified atom stereocenters. The van der Waals surface area contributed by atoms with E-state index in [9.17, 15) is 14.3 Å². The van der Waals surface area contributed by atoms with Crippen LogP contribution >= 0.6 is 0 Å². The van der Waals surface area contributed by atoms with Gasteiger partial charge in [0.05, 0.1) is 6.61 Å². The molecule has 1 aromatic heterocycles. The van der Waals surface area contributed by atoms with Gasteiger partial charge in [-0.15, -0.1) is 0 Å². The van der Waals surface area contributed by atoms with Gasteiger partial charge < -0.3 is 19.8 Å². The molecule has 2 rings (SSSR count). The summed E-state index contributed by atoms with van der Waals surface area (Å²) in [7, 11) is 3.45. The molecule has 4 atom stereocenters. The summed E-state index contributed by atoms with van der Waals surface area (Å²) in [5, 5.41) is 18.5. The molecule has 0 amide bonds. The monoisotopic (exact) mass is 273 g/mol. The van der Waals surface area contributed by atoms with E-state index in [0.29, 0.717) is 5.82 Å². The van der Waals surface area contributed by atoms with Crippen molar-refractivity contribution in [2.75, 3.05) is 25.6 Å². The highest BCUT2D eigenvalue weighted by molar-refractivity contribution is 5.33. The van der Waals surface area contributed by atoms with Crippen LogP contribution in [0.3, 0.4) is 0 Å². The van der Waals surface area contributed by atoms with E-state index in [2.05, 4.69) is 4.98 Å². The summed E-state index contributed by atoms with van der Waals surface area (Å²) in [4.78, 5) is 17.2. The largest absolute Gasteiger partial charge is 0.394 e. The van der Waals surface area contributed by atoms with Crippen molar-refractivity contribution in [3.05, 3.63) is 22.7 Å². The second kappa shape index (κ2) is 5.24. The highest BCUT2D eigenvalue weighted by atomic mass is 19.1. The molecule has 2 heterocycles. The van der Waals surface area contributed by atoms with Crippen molar-refractivity contribution in [2.45, 2.75) is 24.6 Å². The standard InChI is InChI=1S/C11H16FN3O4/c1-14(2)7-3-4-15(11(18)13-7)10-8(12)9(17)6(5-16)19-10/h3-4,6,8-10,16-17H,5H2,1-2H3/t6-,8-,9-,10-/m1/s1. The first kappa shape index (κ1) is 13.9. The number of nitrogens with zero attached hydrogens (tertiary/aromatic N) is 3. The molecule has 8 heteroatoms. The third-order valence-corrected chi connectivity index (χ3v) is 3.02. The number of aromatic nitrogens is 2. The van der Waals surface area contributed by atoms with Gasteiger partial charge in [-0.3, -0.25) is 4.57 Å². The predicted octanol–water partition coefficient (Wildman–Crippen LogP) is -1.10. The lowest BCUT2D eigenvalue weighted by molar-refractivity contribution is -0.0491. The molecule has 0 aromatic carbocycles. The Morgan fingerprint density at radius 2 is 2.26 bits per heavy atom. The number of halogens is 1. The molecular formula is C11H16FN3O4. The summed E-state index contributed by atoms with van der Waals surface area (Å²) in [6.45, 7) is -0.518. The number of hydrogen-bond acceptors (Lipinski definition) is 6. The molecule has 1 aliphatic rings. The van der Waals surface area contributed by atoms with E-state index in [1.165, 1.54) is 12.3 Å². The quantitative estimate of drug-likeness (QED) is 0.726. The molecule has 7 nitrogen and oxygen atoms in total. The van der Waals surface area contributed by atoms with Crippen LogP contribution in [0.15, 0.2) is 17.1 Å². The number of hydrogen-bond donors (Lipinski definition) is 2. The maximum atomic E-state index is 13.9. The van der Waals surface area contributed by atoms with Gasteiger partial charge in [0.2, 0.25) is 0 Å². The number of aliphatic hydroxyl groups excluding tert-OH is 2. The summed E-state index contributed by atoms with van der Waals surface area (Å²) < 4.78 is 20.0. The van der Waals surface area contributed by atoms with Crippen LogP contribution in [0.25, 0.3) is 0 Å². The zero-order valence-electron chi connectivity index (χ0n) is 10.6. The molecule has 0 bridgehead atoms. The summed E-state index contributed by atoms with van der Waals surface area (Å²) >= 11 is 0. The van der Waals surface area contributed by atoms with Gasteiger partial charge in [0.15, 0.2) is 12.4 Å². The molecule has 19 heavy (non-hydrogen) atoms. The highest BCUT2D eigenvalue weighted by Crippen LogP contribution is 2.30. The molecule has 1 fully saturated rings. The Kier molecular flexibility index (Phi) is 3.83. The van der Waals surface area contributed by atoms with Crippen molar-refractivity contribution in [1.82, 2.24) is 9.55 Å². The summed E-state index contributed by atoms with van der Waals surface area (Å²) in [5.74, 6) is 0.439. The Morgan fingerprint density at radius 1 is 1.58 bits per heavy atom. The molecule has 0 radical (unpaired) electrons. The van der Waals surface area contributed by atoms with Crippen molar-refractivity contribution in [3.8, 4) is 0 Å². The second-order valence-electron chi connectivity index (χ2n) is 4.55. The zero-order chi connectivity index (χ0) is 14.2. The topological polar surface area (TPSA) is 87.8 Å². The van der Waals surface area contributed by atoms with Gasteiger partial charge in [-0.1, -0.05) is 0 Å². The normalized spacial score (nSPS) is 30.6. The van der Waals surface area contributed by atoms with Crippen molar-refractivity contribution in [2.24, 2.45) is 0 Å². The molecule has 2 N–H and O–H groups in total. The van der Waals surface area contributed by atoms with Gasteiger partial charge >= 0.3 is 5.69 Å². The fourth-order valence-electron chi connectivity index (χ4n) is 1.92. The van der Waals surface area contributed by atoms with E-state index in [0.717, 1.165) is 4.57 Å². The molecule has 1 aliphatic heterocycles. The van der Waals surface area contributed by atoms with E-state index in [1.807, 2.05) is 0 Å². The lowest BCUT2D eigenvalue weighted by Crippen LogP contribution is -2.34. The molecule has 106 valence electrons. The van der Waals surface area contributed by atoms with Crippen LogP contribution in [-0.4, -0.2) is 58.8 Å². The third kappa shape index (κ3) is 2.46. The van der Waals surface area contributed by atoms with Gasteiger partial charge in [0, 0.05) is 20.3 Å². The average Bonchev–Trinajstić information content (AvgIpc) is 2.66. The van der Waals surface area contributed by atoms with Gasteiger partial charge in [-0.25, -0.2) is 9.18 Å². The molecule has 1 aromatic rings. The first-order valence-electron chi connectivity index (χ1n) is 5.80. The van der Waals surface area contributed by atoms with E-state index in [4.69, 9.17) is 9.84 Å². The van der Waals surface area contributed by atoms with Crippen LogP contribution in [0.1, 0.15) is 6.23 Å². The summed E-state index contributed by atoms with van der Waals surface area (Å²) in [6, 6.07) is 1.54. The smallest absolute Gasteiger partial charge is 0.351 e. The molecule has 0 spiro atoms. The van der Waals surface area contributed by atoms with Gasteiger partial charge in [-0.2, -0.15) is 4.98 Å². The Bertz CT molecular complexity index is 507. The van der Waals surface area contributed by atoms with Gasteiger partial charge in [-0.05, 0) is 6.07 Å². The first-order chi connectivity index (χ1) is 8.95. The first-order valence-corrected chi connectivity index (χ1v) is 5.80. The van der Waals surface area contributed by atoms with E-state index >= 15 is 0 Å². The minimum absolute atomic E-state index is 0.439. The Morgan fingerprint density at radius 3 is 2.74 bits per heavy atom. The third-order valence-electron chi connectivity index (χ3n) is 3.02. The fourth-order valence-corrected chi connectivity index (χ4v) is 1.92. The van der Waals surface area contributed by atoms with Crippen LogP contribution < -0.4 is 10.6 Å². The van der Waals surface area contributed by atoms with Crippen molar-refractivity contribution >= 4 is 5.82 Å². The van der Waals surface area contributed by atoms with Crippen molar-refractivity contribution in [1.29, 1.82) is 0 Å². The van der Waals surface area contributed by atoms with Crippen molar-refractivity contribution in [3.63, 3.8) is 0 Å². The van der Waals surface area contributed by atoms with Crippen LogP contribution in [0.2, 0.25) is 0 Å². The average molecular weight is 273 g/mol. The van der Waals surface area contributed by atoms with Crippen LogP contribution in [0, 0.1) is 0 Å². The Balaban J connectivity index is 2.31. The Hall–Kier alpha value is -1.51. The number of alkyl halides is 1. The second-order valence-corrected chi connectivity index (χ2v) is 4.55. The maximum Gasteiger partial charge on any atom is 0.351 e. The van der Waals surface area contributed by atoms with Crippen LogP contribution in [0.5, 0.6) is 0 Å². The molecular weight excluding hydrogens is 257 g/mol. The van der Waals surface area contributed by atoms with E-state index < -0.39 is 36.9 Å². The minimum atomic E-state index is -1.79. The lowest BCUT2D eigenvalue weighted by Gasteiger charge is -2.17. The van der Waals surface area contributed by atoms with Crippen LogP contribution in [-0.2, 0) is 4.74 Å². The van der Waals surface area contributed by atoms with Gasteiger partial charge in [0.1, 0.15) is 18.0 Å². The molecule has 1 saturated heterocycles. The minimum Gasteiger partial charge on any atom is -0.394 e. The SMILES string of the molecule is CN(C)c1ccn([C@@H]2O[C@H](CO)[C@@H](O)[C@H]2F)c(=O)n1. The number of rotatable bonds is 3. The maximum absolute atomic E-state index is 13.9. The van der Waals surface area contributed by atoms with Crippen LogP contribution in [0.4, 0.5) is 10.2 Å². The lowest BCUT2D eigenvalue weighted by atomic mass is 10.1. The molecule has 0 aliphatic carbocycles. The highest BCUT2D eigenvalue weighted by Gasteiger charge is 2.45. The zero-order valence-corrected chi connectivity index (χ0v) is 10.6. The number of anilines is 1. The predicted molar refractivity (Wildman–Crippen MR) is 64.7 cm³/mol. The molecule has 0 saturated carbocycles. The van der Waals surface area contributed by atoms with Gasteiger partial charge in [0.25, 0.3) is 0 Å². The summed E-state index contributed by atoms with van der Waals surface area (Å²) in [5.41, 5.74) is -0.676. The number of aliphatic hydroxyl groups is 2. The fraction of sp³-hybridized carbons (Fsp3) is 0.636.